The number of para-hydroxylation sites is 1. The van der Waals surface area contributed by atoms with Gasteiger partial charge in [-0.2, -0.15) is 0 Å². The SMILES string of the molecule is COc1ccc2c(c1)C(=O)C(c1cccc(C)c1)(N1CCN(Cc3ccccc3OC)CC1)C2=O. The maximum absolute atomic E-state index is 14.1. The number of carbonyl (C=O) groups excluding carboxylic acids is 2. The van der Waals surface area contributed by atoms with Crippen molar-refractivity contribution in [3.05, 3.63) is 94.5 Å². The van der Waals surface area contributed by atoms with Crippen LogP contribution in [0.3, 0.4) is 0 Å². The summed E-state index contributed by atoms with van der Waals surface area (Å²) in [6, 6.07) is 21.0. The van der Waals surface area contributed by atoms with E-state index in [1.54, 1.807) is 32.4 Å². The molecule has 6 nitrogen and oxygen atoms in total. The first-order valence-electron chi connectivity index (χ1n) is 11.9. The normalized spacial score (nSPS) is 20.7. The monoisotopic (exact) mass is 470 g/mol. The summed E-state index contributed by atoms with van der Waals surface area (Å²) in [5.74, 6) is 1.13. The standard InChI is InChI=1S/C29H30N2O4/c1-20-7-6-9-22(17-20)29(27(32)24-12-11-23(34-2)18-25(24)28(29)33)31-15-13-30(14-16-31)19-21-8-4-5-10-26(21)35-3/h4-12,17-18H,13-16,19H2,1-3H3. The number of piperazine rings is 1. The number of fused-ring (bicyclic) bond motifs is 1. The van der Waals surface area contributed by atoms with Gasteiger partial charge in [0.05, 0.1) is 14.2 Å². The molecule has 5 rings (SSSR count). The topological polar surface area (TPSA) is 59.1 Å². The minimum absolute atomic E-state index is 0.149. The summed E-state index contributed by atoms with van der Waals surface area (Å²) in [4.78, 5) is 32.6. The summed E-state index contributed by atoms with van der Waals surface area (Å²) in [6.45, 7) is 5.44. The Balaban J connectivity index is 1.48. The highest BCUT2D eigenvalue weighted by Crippen LogP contribution is 2.44. The van der Waals surface area contributed by atoms with E-state index in [0.29, 0.717) is 30.0 Å². The van der Waals surface area contributed by atoms with E-state index in [1.165, 1.54) is 0 Å². The van der Waals surface area contributed by atoms with E-state index in [0.717, 1.165) is 42.1 Å². The number of ketones is 2. The molecule has 2 aliphatic rings. The number of hydrogen-bond acceptors (Lipinski definition) is 6. The zero-order chi connectivity index (χ0) is 24.6. The second-order valence-electron chi connectivity index (χ2n) is 9.22. The van der Waals surface area contributed by atoms with Crippen LogP contribution in [0.2, 0.25) is 0 Å². The van der Waals surface area contributed by atoms with Gasteiger partial charge in [0, 0.05) is 49.4 Å². The maximum Gasteiger partial charge on any atom is 0.196 e. The van der Waals surface area contributed by atoms with Gasteiger partial charge >= 0.3 is 0 Å². The Morgan fingerprint density at radius 2 is 1.54 bits per heavy atom. The molecule has 1 saturated heterocycles. The number of aryl methyl sites for hydroxylation is 1. The molecule has 1 heterocycles. The van der Waals surface area contributed by atoms with Crippen LogP contribution in [0.5, 0.6) is 11.5 Å². The van der Waals surface area contributed by atoms with Crippen LogP contribution in [0, 0.1) is 6.92 Å². The molecule has 1 unspecified atom stereocenters. The largest absolute Gasteiger partial charge is 0.497 e. The lowest BCUT2D eigenvalue weighted by molar-refractivity contribution is 0.0278. The Labute approximate surface area is 206 Å². The molecule has 0 radical (unpaired) electrons. The van der Waals surface area contributed by atoms with E-state index in [9.17, 15) is 9.59 Å². The van der Waals surface area contributed by atoms with Crippen molar-refractivity contribution < 1.29 is 19.1 Å². The lowest BCUT2D eigenvalue weighted by Gasteiger charge is -2.44. The fourth-order valence-electron chi connectivity index (χ4n) is 5.45. The molecule has 6 heteroatoms. The predicted octanol–water partition coefficient (Wildman–Crippen LogP) is 4.10. The van der Waals surface area contributed by atoms with Gasteiger partial charge in [0.25, 0.3) is 0 Å². The number of nitrogens with zero attached hydrogens (tertiary/aromatic N) is 2. The van der Waals surface area contributed by atoms with E-state index in [4.69, 9.17) is 9.47 Å². The van der Waals surface area contributed by atoms with Gasteiger partial charge in [0.2, 0.25) is 0 Å². The molecule has 0 amide bonds. The van der Waals surface area contributed by atoms with Gasteiger partial charge in [-0.25, -0.2) is 0 Å². The van der Waals surface area contributed by atoms with Crippen molar-refractivity contribution in [3.63, 3.8) is 0 Å². The first-order valence-corrected chi connectivity index (χ1v) is 11.9. The van der Waals surface area contributed by atoms with Crippen molar-refractivity contribution >= 4 is 11.6 Å². The first kappa shape index (κ1) is 23.3. The van der Waals surface area contributed by atoms with Crippen molar-refractivity contribution in [1.29, 1.82) is 0 Å². The molecule has 180 valence electrons. The van der Waals surface area contributed by atoms with Crippen molar-refractivity contribution in [3.8, 4) is 11.5 Å². The summed E-state index contributed by atoms with van der Waals surface area (Å²) >= 11 is 0. The van der Waals surface area contributed by atoms with E-state index in [-0.39, 0.29) is 11.6 Å². The zero-order valence-electron chi connectivity index (χ0n) is 20.4. The maximum atomic E-state index is 14.1. The Morgan fingerprint density at radius 1 is 0.800 bits per heavy atom. The van der Waals surface area contributed by atoms with Gasteiger partial charge in [-0.1, -0.05) is 48.0 Å². The lowest BCUT2D eigenvalue weighted by atomic mass is 9.82. The quantitative estimate of drug-likeness (QED) is 0.506. The number of rotatable bonds is 6. The molecule has 3 aromatic rings. The molecule has 0 bridgehead atoms. The first-order chi connectivity index (χ1) is 17.0. The van der Waals surface area contributed by atoms with Crippen molar-refractivity contribution in [2.24, 2.45) is 0 Å². The van der Waals surface area contributed by atoms with Crippen molar-refractivity contribution in [2.75, 3.05) is 40.4 Å². The molecule has 0 N–H and O–H groups in total. The van der Waals surface area contributed by atoms with Gasteiger partial charge in [0.1, 0.15) is 11.5 Å². The third kappa shape index (κ3) is 3.83. The molecule has 0 saturated carbocycles. The highest BCUT2D eigenvalue weighted by atomic mass is 16.5. The van der Waals surface area contributed by atoms with E-state index in [2.05, 4.69) is 15.9 Å². The summed E-state index contributed by atoms with van der Waals surface area (Å²) < 4.78 is 10.9. The van der Waals surface area contributed by atoms with Gasteiger partial charge in [-0.3, -0.25) is 19.4 Å². The second-order valence-corrected chi connectivity index (χ2v) is 9.22. The number of Topliss-reactive ketones (excluding diaryl/α,β-unsaturated/α-hetero) is 2. The minimum Gasteiger partial charge on any atom is -0.497 e. The van der Waals surface area contributed by atoms with Crippen LogP contribution < -0.4 is 9.47 Å². The van der Waals surface area contributed by atoms with Crippen LogP contribution in [-0.2, 0) is 12.1 Å². The number of benzene rings is 3. The summed E-state index contributed by atoms with van der Waals surface area (Å²) in [7, 11) is 3.25. The molecule has 1 fully saturated rings. The average molecular weight is 471 g/mol. The number of hydrogen-bond donors (Lipinski definition) is 0. The molecule has 1 aliphatic carbocycles. The van der Waals surface area contributed by atoms with Crippen LogP contribution in [0.4, 0.5) is 0 Å². The van der Waals surface area contributed by atoms with E-state index in [1.807, 2.05) is 49.4 Å². The average Bonchev–Trinajstić information content (AvgIpc) is 3.11. The Hall–Kier alpha value is -3.48. The van der Waals surface area contributed by atoms with Crippen LogP contribution in [-0.4, -0.2) is 61.8 Å². The molecule has 3 aromatic carbocycles. The molecule has 0 spiro atoms. The fraction of sp³-hybridized carbons (Fsp3) is 0.310. The lowest BCUT2D eigenvalue weighted by Crippen LogP contribution is -2.60. The molecular formula is C29H30N2O4. The second kappa shape index (κ2) is 9.29. The van der Waals surface area contributed by atoms with Crippen molar-refractivity contribution in [2.45, 2.75) is 19.0 Å². The third-order valence-electron chi connectivity index (χ3n) is 7.24. The van der Waals surface area contributed by atoms with Crippen LogP contribution in [0.1, 0.15) is 37.4 Å². The highest BCUT2D eigenvalue weighted by Gasteiger charge is 2.58. The van der Waals surface area contributed by atoms with E-state index < -0.39 is 5.54 Å². The zero-order valence-corrected chi connectivity index (χ0v) is 20.4. The summed E-state index contributed by atoms with van der Waals surface area (Å²) in [5, 5.41) is 0. The number of ether oxygens (including phenoxy) is 2. The summed E-state index contributed by atoms with van der Waals surface area (Å²) in [6.07, 6.45) is 0. The smallest absolute Gasteiger partial charge is 0.196 e. The van der Waals surface area contributed by atoms with Crippen LogP contribution in [0.15, 0.2) is 66.7 Å². The minimum atomic E-state index is -1.35. The fourth-order valence-corrected chi connectivity index (χ4v) is 5.45. The Morgan fingerprint density at radius 3 is 2.26 bits per heavy atom. The van der Waals surface area contributed by atoms with Gasteiger partial charge in [0.15, 0.2) is 17.1 Å². The van der Waals surface area contributed by atoms with Crippen LogP contribution >= 0.6 is 0 Å². The Kier molecular flexibility index (Phi) is 6.17. The number of methoxy groups -OCH3 is 2. The molecule has 35 heavy (non-hydrogen) atoms. The highest BCUT2D eigenvalue weighted by molar-refractivity contribution is 6.33. The third-order valence-corrected chi connectivity index (χ3v) is 7.24. The van der Waals surface area contributed by atoms with Crippen LogP contribution in [0.25, 0.3) is 0 Å². The van der Waals surface area contributed by atoms with E-state index >= 15 is 0 Å². The molecular weight excluding hydrogens is 440 g/mol. The molecule has 0 aromatic heterocycles. The predicted molar refractivity (Wildman–Crippen MR) is 134 cm³/mol. The van der Waals surface area contributed by atoms with Gasteiger partial charge in [-0.05, 0) is 36.8 Å². The molecule has 1 aliphatic heterocycles. The molecule has 1 atom stereocenters. The van der Waals surface area contributed by atoms with Gasteiger partial charge in [-0.15, -0.1) is 0 Å². The van der Waals surface area contributed by atoms with Crippen molar-refractivity contribution in [1.82, 2.24) is 9.80 Å². The summed E-state index contributed by atoms with van der Waals surface area (Å²) in [5.41, 5.74) is 2.44. The van der Waals surface area contributed by atoms with Gasteiger partial charge < -0.3 is 9.47 Å². The number of carbonyl (C=O) groups is 2. The Bertz CT molecular complexity index is 1280.